The zero-order valence-electron chi connectivity index (χ0n) is 10.1. The number of hydrogen-bond acceptors (Lipinski definition) is 4. The van der Waals surface area contributed by atoms with Gasteiger partial charge in [-0.2, -0.15) is 4.98 Å². The fourth-order valence-electron chi connectivity index (χ4n) is 1.71. The average Bonchev–Trinajstić information content (AvgIpc) is 2.32. The van der Waals surface area contributed by atoms with E-state index in [1.165, 1.54) is 0 Å². The molecule has 16 heavy (non-hydrogen) atoms. The molecule has 1 aromatic rings. The lowest BCUT2D eigenvalue weighted by Crippen LogP contribution is -2.29. The maximum atomic E-state index is 6.12. The second-order valence-corrected chi connectivity index (χ2v) is 4.09. The lowest BCUT2D eigenvalue weighted by Gasteiger charge is -2.22. The maximum Gasteiger partial charge on any atom is 0.316 e. The van der Waals surface area contributed by atoms with Crippen LogP contribution in [0.3, 0.4) is 0 Å². The molecule has 0 saturated carbocycles. The molecule has 0 radical (unpaired) electrons. The van der Waals surface area contributed by atoms with E-state index < -0.39 is 0 Å². The Labute approximate surface area is 101 Å². The van der Waals surface area contributed by atoms with E-state index in [2.05, 4.69) is 29.1 Å². The highest BCUT2D eigenvalue weighted by Gasteiger charge is 2.21. The third-order valence-electron chi connectivity index (χ3n) is 2.78. The van der Waals surface area contributed by atoms with Gasteiger partial charge in [0, 0.05) is 12.0 Å². The van der Waals surface area contributed by atoms with Crippen LogP contribution in [-0.4, -0.2) is 30.2 Å². The third-order valence-corrected chi connectivity index (χ3v) is 3.07. The molecule has 0 fully saturated rings. The molecule has 0 aliphatic carbocycles. The van der Waals surface area contributed by atoms with Crippen LogP contribution >= 0.6 is 11.6 Å². The highest BCUT2D eigenvalue weighted by Crippen LogP contribution is 2.28. The monoisotopic (exact) mass is 243 g/mol. The Morgan fingerprint density at radius 2 is 2.25 bits per heavy atom. The Hall–Kier alpha value is -0.870. The SMILES string of the molecule is CCC(c1nc(OC)ncc1Cl)C(C)NC. The van der Waals surface area contributed by atoms with Gasteiger partial charge in [0.1, 0.15) is 0 Å². The molecular formula is C11H18ClN3O. The van der Waals surface area contributed by atoms with Crippen LogP contribution in [0.1, 0.15) is 31.9 Å². The number of nitrogens with zero attached hydrogens (tertiary/aromatic N) is 2. The molecule has 1 N–H and O–H groups in total. The summed E-state index contributed by atoms with van der Waals surface area (Å²) < 4.78 is 5.02. The van der Waals surface area contributed by atoms with E-state index in [1.807, 2.05) is 7.05 Å². The van der Waals surface area contributed by atoms with Crippen molar-refractivity contribution in [2.75, 3.05) is 14.2 Å². The Morgan fingerprint density at radius 1 is 1.56 bits per heavy atom. The zero-order chi connectivity index (χ0) is 12.1. The van der Waals surface area contributed by atoms with Crippen molar-refractivity contribution in [1.29, 1.82) is 0 Å². The fourth-order valence-corrected chi connectivity index (χ4v) is 1.94. The molecule has 1 rings (SSSR count). The van der Waals surface area contributed by atoms with Crippen molar-refractivity contribution in [1.82, 2.24) is 15.3 Å². The summed E-state index contributed by atoms with van der Waals surface area (Å²) in [6.45, 7) is 4.22. The van der Waals surface area contributed by atoms with Gasteiger partial charge in [-0.05, 0) is 20.4 Å². The van der Waals surface area contributed by atoms with Gasteiger partial charge in [-0.15, -0.1) is 0 Å². The lowest BCUT2D eigenvalue weighted by atomic mass is 9.94. The van der Waals surface area contributed by atoms with Crippen LogP contribution in [0.2, 0.25) is 5.02 Å². The minimum absolute atomic E-state index is 0.259. The summed E-state index contributed by atoms with van der Waals surface area (Å²) in [7, 11) is 3.48. The van der Waals surface area contributed by atoms with Gasteiger partial charge in [-0.25, -0.2) is 4.98 Å². The van der Waals surface area contributed by atoms with Gasteiger partial charge in [0.25, 0.3) is 0 Å². The molecule has 2 atom stereocenters. The molecule has 90 valence electrons. The normalized spacial score (nSPS) is 14.6. The number of methoxy groups -OCH3 is 1. The molecule has 0 saturated heterocycles. The van der Waals surface area contributed by atoms with Crippen LogP contribution < -0.4 is 10.1 Å². The summed E-state index contributed by atoms with van der Waals surface area (Å²) in [5.74, 6) is 0.259. The van der Waals surface area contributed by atoms with Gasteiger partial charge in [-0.3, -0.25) is 0 Å². The number of rotatable bonds is 5. The van der Waals surface area contributed by atoms with E-state index in [0.717, 1.165) is 12.1 Å². The first-order chi connectivity index (χ1) is 7.63. The smallest absolute Gasteiger partial charge is 0.316 e. The van der Waals surface area contributed by atoms with Crippen molar-refractivity contribution in [2.45, 2.75) is 32.2 Å². The highest BCUT2D eigenvalue weighted by atomic mass is 35.5. The van der Waals surface area contributed by atoms with E-state index in [-0.39, 0.29) is 5.92 Å². The quantitative estimate of drug-likeness (QED) is 0.862. The summed E-state index contributed by atoms with van der Waals surface area (Å²) >= 11 is 6.12. The number of nitrogens with one attached hydrogen (secondary N) is 1. The van der Waals surface area contributed by atoms with E-state index in [1.54, 1.807) is 13.3 Å². The molecule has 0 aliphatic heterocycles. The number of ether oxygens (including phenoxy) is 1. The summed E-state index contributed by atoms with van der Waals surface area (Å²) in [6, 6.07) is 0.670. The second-order valence-electron chi connectivity index (χ2n) is 3.68. The van der Waals surface area contributed by atoms with Crippen LogP contribution in [0.5, 0.6) is 6.01 Å². The lowest BCUT2D eigenvalue weighted by molar-refractivity contribution is 0.373. The van der Waals surface area contributed by atoms with Crippen LogP contribution in [-0.2, 0) is 0 Å². The van der Waals surface area contributed by atoms with Gasteiger partial charge in [0.15, 0.2) is 0 Å². The number of halogens is 1. The number of hydrogen-bond donors (Lipinski definition) is 1. The Morgan fingerprint density at radius 3 is 2.75 bits per heavy atom. The minimum Gasteiger partial charge on any atom is -0.467 e. The van der Waals surface area contributed by atoms with Gasteiger partial charge in [0.2, 0.25) is 0 Å². The Balaban J connectivity index is 3.07. The van der Waals surface area contributed by atoms with Gasteiger partial charge in [0.05, 0.1) is 24.0 Å². The summed E-state index contributed by atoms with van der Waals surface area (Å²) in [6.07, 6.45) is 2.55. The number of likely N-dealkylation sites (N-methyl/N-ethyl adjacent to an activating group) is 1. The van der Waals surface area contributed by atoms with Crippen molar-refractivity contribution in [2.24, 2.45) is 0 Å². The Bertz CT molecular complexity index is 346. The first-order valence-electron chi connectivity index (χ1n) is 5.37. The minimum atomic E-state index is 0.259. The maximum absolute atomic E-state index is 6.12. The van der Waals surface area contributed by atoms with Crippen molar-refractivity contribution < 1.29 is 4.74 Å². The molecular weight excluding hydrogens is 226 g/mol. The Kier molecular flexibility index (Phi) is 4.96. The van der Waals surface area contributed by atoms with Gasteiger partial charge < -0.3 is 10.1 Å². The predicted octanol–water partition coefficient (Wildman–Crippen LogP) is 2.24. The predicted molar refractivity (Wildman–Crippen MR) is 65.1 cm³/mol. The molecule has 0 aromatic carbocycles. The third kappa shape index (κ3) is 2.83. The molecule has 1 aromatic heterocycles. The van der Waals surface area contributed by atoms with Crippen LogP contribution in [0.4, 0.5) is 0 Å². The van der Waals surface area contributed by atoms with Crippen molar-refractivity contribution in [3.63, 3.8) is 0 Å². The van der Waals surface area contributed by atoms with E-state index in [4.69, 9.17) is 16.3 Å². The van der Waals surface area contributed by atoms with E-state index >= 15 is 0 Å². The summed E-state index contributed by atoms with van der Waals surface area (Å²) in [4.78, 5) is 8.30. The molecule has 0 amide bonds. The van der Waals surface area contributed by atoms with Crippen molar-refractivity contribution in [3.05, 3.63) is 16.9 Å². The van der Waals surface area contributed by atoms with Crippen LogP contribution in [0.25, 0.3) is 0 Å². The molecule has 0 aliphatic rings. The average molecular weight is 244 g/mol. The second kappa shape index (κ2) is 6.01. The zero-order valence-corrected chi connectivity index (χ0v) is 10.9. The molecule has 0 bridgehead atoms. The standard InChI is InChI=1S/C11H18ClN3O/c1-5-8(7(2)13-3)10-9(12)6-14-11(15-10)16-4/h6-8,13H,5H2,1-4H3. The van der Waals surface area contributed by atoms with Crippen molar-refractivity contribution in [3.8, 4) is 6.01 Å². The summed E-state index contributed by atoms with van der Waals surface area (Å²) in [5.41, 5.74) is 0.845. The van der Waals surface area contributed by atoms with Crippen LogP contribution in [0.15, 0.2) is 6.20 Å². The first-order valence-corrected chi connectivity index (χ1v) is 5.75. The first kappa shape index (κ1) is 13.2. The van der Waals surface area contributed by atoms with Gasteiger partial charge >= 0.3 is 6.01 Å². The topological polar surface area (TPSA) is 47.0 Å². The van der Waals surface area contributed by atoms with Crippen LogP contribution in [0, 0.1) is 0 Å². The molecule has 5 heteroatoms. The highest BCUT2D eigenvalue weighted by molar-refractivity contribution is 6.31. The molecule has 4 nitrogen and oxygen atoms in total. The molecule has 1 heterocycles. The number of aromatic nitrogens is 2. The fraction of sp³-hybridized carbons (Fsp3) is 0.636. The van der Waals surface area contributed by atoms with E-state index in [0.29, 0.717) is 17.1 Å². The summed E-state index contributed by atoms with van der Waals surface area (Å²) in [5, 5.41) is 3.81. The van der Waals surface area contributed by atoms with Crippen molar-refractivity contribution >= 4 is 11.6 Å². The van der Waals surface area contributed by atoms with Gasteiger partial charge in [-0.1, -0.05) is 18.5 Å². The molecule has 0 spiro atoms. The van der Waals surface area contributed by atoms with E-state index in [9.17, 15) is 0 Å². The molecule has 2 unspecified atom stereocenters. The largest absolute Gasteiger partial charge is 0.467 e.